The topological polar surface area (TPSA) is 185 Å². The summed E-state index contributed by atoms with van der Waals surface area (Å²) in [6.07, 6.45) is -5.51. The maximum atomic E-state index is 15.3. The fraction of sp³-hybridized carbons (Fsp3) is 0.478. The number of hydrogen-bond donors (Lipinski definition) is 4. The Balaban J connectivity index is 1.56. The third-order valence-electron chi connectivity index (χ3n) is 5.74. The highest BCUT2D eigenvalue weighted by Gasteiger charge is 2.60. The van der Waals surface area contributed by atoms with Crippen LogP contribution >= 0.6 is 7.75 Å². The number of carbonyl (C=O) groups is 1. The SMILES string of the molecule is CNc1nc(N)nc2c1ncn2[C@@H]1OC(COP(=O)(N[C@H](C)C(=O)OC(C)C)Oc2ccccc2)[C@@H](O)C1(F)F. The summed E-state index contributed by atoms with van der Waals surface area (Å²) in [6.45, 7) is 3.85. The second-order valence-corrected chi connectivity index (χ2v) is 10.9. The van der Waals surface area contributed by atoms with Gasteiger partial charge in [0.1, 0.15) is 17.9 Å². The first-order valence-corrected chi connectivity index (χ1v) is 13.8. The normalized spacial score (nSPS) is 22.6. The van der Waals surface area contributed by atoms with Gasteiger partial charge in [0.15, 0.2) is 23.1 Å². The predicted octanol–water partition coefficient (Wildman–Crippen LogP) is 2.48. The number of aliphatic hydroxyl groups excluding tert-OH is 1. The molecule has 4 rings (SSSR count). The molecule has 1 aromatic carbocycles. The zero-order valence-corrected chi connectivity index (χ0v) is 22.9. The molecule has 0 saturated carbocycles. The number of anilines is 2. The molecule has 2 unspecified atom stereocenters. The molecule has 14 nitrogen and oxygen atoms in total. The Bertz CT molecular complexity index is 1390. The van der Waals surface area contributed by atoms with Gasteiger partial charge in [-0.15, -0.1) is 0 Å². The van der Waals surface area contributed by atoms with Crippen LogP contribution in [0.3, 0.4) is 0 Å². The number of aromatic nitrogens is 4. The fourth-order valence-corrected chi connectivity index (χ4v) is 5.39. The molecule has 1 aliphatic rings. The van der Waals surface area contributed by atoms with Crippen molar-refractivity contribution in [2.45, 2.75) is 57.3 Å². The summed E-state index contributed by atoms with van der Waals surface area (Å²) in [5, 5.41) is 15.7. The van der Waals surface area contributed by atoms with Crippen molar-refractivity contribution in [1.29, 1.82) is 0 Å². The zero-order valence-electron chi connectivity index (χ0n) is 22.0. The molecule has 5 atom stereocenters. The lowest BCUT2D eigenvalue weighted by molar-refractivity contribution is -0.149. The number of fused-ring (bicyclic) bond motifs is 1. The van der Waals surface area contributed by atoms with Crippen molar-refractivity contribution in [1.82, 2.24) is 24.6 Å². The molecule has 1 saturated heterocycles. The molecule has 17 heteroatoms. The van der Waals surface area contributed by atoms with Crippen LogP contribution in [-0.4, -0.2) is 74.5 Å². The van der Waals surface area contributed by atoms with Crippen molar-refractivity contribution >= 4 is 36.6 Å². The summed E-state index contributed by atoms with van der Waals surface area (Å²) in [6, 6.07) is 6.71. The molecule has 5 N–H and O–H groups in total. The van der Waals surface area contributed by atoms with Gasteiger partial charge in [-0.2, -0.15) is 23.8 Å². The predicted molar refractivity (Wildman–Crippen MR) is 139 cm³/mol. The molecule has 3 aromatic rings. The number of hydrogen-bond acceptors (Lipinski definition) is 12. The van der Waals surface area contributed by atoms with Gasteiger partial charge in [-0.25, -0.2) is 9.55 Å². The van der Waals surface area contributed by atoms with Gasteiger partial charge < -0.3 is 30.2 Å². The lowest BCUT2D eigenvalue weighted by Gasteiger charge is -2.25. The van der Waals surface area contributed by atoms with Crippen LogP contribution in [0.15, 0.2) is 36.7 Å². The van der Waals surface area contributed by atoms with E-state index in [1.807, 2.05) is 0 Å². The molecule has 1 aliphatic heterocycles. The molecule has 0 radical (unpaired) electrons. The number of nitrogens with two attached hydrogens (primary N) is 1. The van der Waals surface area contributed by atoms with Crippen molar-refractivity contribution in [2.24, 2.45) is 0 Å². The molecular weight excluding hydrogens is 555 g/mol. The van der Waals surface area contributed by atoms with E-state index >= 15 is 8.78 Å². The van der Waals surface area contributed by atoms with Gasteiger partial charge in [0, 0.05) is 7.05 Å². The van der Waals surface area contributed by atoms with Crippen LogP contribution in [0.2, 0.25) is 0 Å². The molecule has 2 aromatic heterocycles. The number of para-hydroxylation sites is 1. The van der Waals surface area contributed by atoms with Gasteiger partial charge in [-0.1, -0.05) is 18.2 Å². The van der Waals surface area contributed by atoms with Crippen molar-refractivity contribution in [3.05, 3.63) is 36.7 Å². The molecule has 40 heavy (non-hydrogen) atoms. The minimum absolute atomic E-state index is 0.0625. The Kier molecular flexibility index (Phi) is 8.56. The number of ether oxygens (including phenoxy) is 2. The third-order valence-corrected chi connectivity index (χ3v) is 7.39. The molecule has 0 spiro atoms. The van der Waals surface area contributed by atoms with Gasteiger partial charge in [-0.3, -0.25) is 13.9 Å². The smallest absolute Gasteiger partial charge is 0.459 e. The number of esters is 1. The fourth-order valence-electron chi connectivity index (χ4n) is 3.89. The van der Waals surface area contributed by atoms with Crippen LogP contribution in [0.25, 0.3) is 11.2 Å². The largest absolute Gasteiger partial charge is 0.462 e. The Morgan fingerprint density at radius 2 is 1.98 bits per heavy atom. The Morgan fingerprint density at radius 1 is 1.27 bits per heavy atom. The van der Waals surface area contributed by atoms with Crippen LogP contribution in [0.4, 0.5) is 20.5 Å². The first-order valence-electron chi connectivity index (χ1n) is 12.2. The zero-order chi connectivity index (χ0) is 29.2. The van der Waals surface area contributed by atoms with E-state index in [2.05, 4.69) is 25.4 Å². The lowest BCUT2D eigenvalue weighted by atomic mass is 10.1. The lowest BCUT2D eigenvalue weighted by Crippen LogP contribution is -2.40. The van der Waals surface area contributed by atoms with Crippen LogP contribution < -0.4 is 20.7 Å². The summed E-state index contributed by atoms with van der Waals surface area (Å²) >= 11 is 0. The Morgan fingerprint density at radius 3 is 2.62 bits per heavy atom. The molecule has 0 bridgehead atoms. The number of nitrogen functional groups attached to an aromatic ring is 1. The average Bonchev–Trinajstić information content (AvgIpc) is 3.40. The summed E-state index contributed by atoms with van der Waals surface area (Å²) < 4.78 is 66.7. The van der Waals surface area contributed by atoms with Crippen LogP contribution in [-0.2, 0) is 23.4 Å². The van der Waals surface area contributed by atoms with E-state index in [9.17, 15) is 14.5 Å². The number of rotatable bonds is 11. The first kappa shape index (κ1) is 29.6. The number of imidazole rings is 1. The highest BCUT2D eigenvalue weighted by molar-refractivity contribution is 7.52. The van der Waals surface area contributed by atoms with Gasteiger partial charge in [0.2, 0.25) is 12.2 Å². The first-order chi connectivity index (χ1) is 18.8. The third kappa shape index (κ3) is 6.15. The van der Waals surface area contributed by atoms with Crippen LogP contribution in [0, 0.1) is 0 Å². The highest BCUT2D eigenvalue weighted by Crippen LogP contribution is 2.48. The van der Waals surface area contributed by atoms with E-state index in [4.69, 9.17) is 24.3 Å². The van der Waals surface area contributed by atoms with Crippen LogP contribution in [0.1, 0.15) is 27.0 Å². The van der Waals surface area contributed by atoms with E-state index in [0.29, 0.717) is 0 Å². The van der Waals surface area contributed by atoms with E-state index in [0.717, 1.165) is 10.9 Å². The number of aliphatic hydroxyl groups is 1. The standard InChI is InChI=1S/C23H30F2N7O7P/c1-12(2)37-20(34)13(3)31-40(35,39-14-8-6-5-7-9-14)36-10-15-17(33)23(24,25)21(38-15)32-11-28-16-18(27-4)29-22(26)30-19(16)32/h5-9,11-13,15,17,21,33H,10H2,1-4H3,(H,31,35)(H3,26,27,29,30)/t13-,15?,17-,21-,40?/m1/s1. The number of nitrogens with zero attached hydrogens (tertiary/aromatic N) is 4. The van der Waals surface area contributed by atoms with E-state index in [-0.39, 0.29) is 28.7 Å². The Labute approximate surface area is 227 Å². The highest BCUT2D eigenvalue weighted by atomic mass is 31.2. The number of carbonyl (C=O) groups excluding carboxylic acids is 1. The van der Waals surface area contributed by atoms with Gasteiger partial charge in [0.05, 0.1) is 19.0 Å². The van der Waals surface area contributed by atoms with Gasteiger partial charge in [-0.05, 0) is 32.9 Å². The number of halogens is 2. The number of benzene rings is 1. The Hall–Kier alpha value is -3.43. The number of alkyl halides is 2. The van der Waals surface area contributed by atoms with E-state index in [1.54, 1.807) is 39.1 Å². The summed E-state index contributed by atoms with van der Waals surface area (Å²) in [5.41, 5.74) is 5.80. The molecule has 0 amide bonds. The van der Waals surface area contributed by atoms with E-state index < -0.39 is 56.8 Å². The molecular formula is C23H30F2N7O7P. The molecule has 0 aliphatic carbocycles. The van der Waals surface area contributed by atoms with Crippen LogP contribution in [0.5, 0.6) is 5.75 Å². The molecule has 1 fully saturated rings. The second kappa shape index (κ2) is 11.6. The quantitative estimate of drug-likeness (QED) is 0.190. The van der Waals surface area contributed by atoms with Crippen molar-refractivity contribution in [3.8, 4) is 5.75 Å². The minimum Gasteiger partial charge on any atom is -0.462 e. The average molecular weight is 586 g/mol. The maximum Gasteiger partial charge on any atom is 0.459 e. The number of nitrogens with one attached hydrogen (secondary N) is 2. The van der Waals surface area contributed by atoms with Gasteiger partial charge in [0.25, 0.3) is 0 Å². The van der Waals surface area contributed by atoms with Crippen molar-refractivity contribution < 1.29 is 41.8 Å². The second-order valence-electron chi connectivity index (χ2n) is 9.18. The van der Waals surface area contributed by atoms with Gasteiger partial charge >= 0.3 is 19.6 Å². The summed E-state index contributed by atoms with van der Waals surface area (Å²) in [4.78, 5) is 24.3. The van der Waals surface area contributed by atoms with Crippen molar-refractivity contribution in [3.63, 3.8) is 0 Å². The minimum atomic E-state index is -4.40. The summed E-state index contributed by atoms with van der Waals surface area (Å²) in [5.74, 6) is -4.48. The molecule has 218 valence electrons. The van der Waals surface area contributed by atoms with Crippen molar-refractivity contribution in [2.75, 3.05) is 24.7 Å². The molecule has 3 heterocycles. The monoisotopic (exact) mass is 585 g/mol. The van der Waals surface area contributed by atoms with E-state index in [1.165, 1.54) is 19.1 Å². The maximum absolute atomic E-state index is 15.3. The summed E-state index contributed by atoms with van der Waals surface area (Å²) in [7, 11) is -2.86.